The summed E-state index contributed by atoms with van der Waals surface area (Å²) in [5.41, 5.74) is 3.85. The van der Waals surface area contributed by atoms with Gasteiger partial charge in [0.2, 0.25) is 0 Å². The first-order chi connectivity index (χ1) is 17.4. The van der Waals surface area contributed by atoms with Crippen molar-refractivity contribution in [1.29, 1.82) is 0 Å². The van der Waals surface area contributed by atoms with Crippen molar-refractivity contribution < 1.29 is 24.2 Å². The molecule has 1 heterocycles. The number of carboxylic acid groups (broad SMARTS) is 1. The zero-order valence-electron chi connectivity index (χ0n) is 20.1. The van der Waals surface area contributed by atoms with Gasteiger partial charge in [-0.15, -0.1) is 0 Å². The number of thioether (sulfide) groups is 1. The number of carboxylic acids is 1. The zero-order chi connectivity index (χ0) is 25.5. The maximum absolute atomic E-state index is 12.5. The minimum atomic E-state index is -0.965. The number of ether oxygens (including phenoxy) is 2. The highest BCUT2D eigenvalue weighted by Gasteiger charge is 2.27. The van der Waals surface area contributed by atoms with E-state index in [2.05, 4.69) is 29.7 Å². The molecular formula is C28H28N2O5S. The molecule has 4 rings (SSSR count). The highest BCUT2D eigenvalue weighted by atomic mass is 32.2. The normalized spacial score (nSPS) is 16.0. The van der Waals surface area contributed by atoms with Gasteiger partial charge in [0, 0.05) is 5.69 Å². The molecule has 0 spiro atoms. The van der Waals surface area contributed by atoms with Crippen LogP contribution in [0.5, 0.6) is 11.5 Å². The van der Waals surface area contributed by atoms with Crippen LogP contribution in [0, 0.1) is 0 Å². The van der Waals surface area contributed by atoms with Crippen LogP contribution in [-0.4, -0.2) is 29.1 Å². The minimum absolute atomic E-state index is 0.134. The number of nitrogens with one attached hydrogen (secondary N) is 2. The number of anilines is 1. The molecule has 7 nitrogen and oxygen atoms in total. The van der Waals surface area contributed by atoms with Gasteiger partial charge in [-0.05, 0) is 72.5 Å². The lowest BCUT2D eigenvalue weighted by Gasteiger charge is -2.13. The third-order valence-corrected chi connectivity index (χ3v) is 6.58. The van der Waals surface area contributed by atoms with Crippen molar-refractivity contribution in [2.75, 3.05) is 11.9 Å². The lowest BCUT2D eigenvalue weighted by molar-refractivity contribution is -0.116. The summed E-state index contributed by atoms with van der Waals surface area (Å²) in [7, 11) is 0. The first-order valence-corrected chi connectivity index (χ1v) is 12.6. The molecule has 3 aromatic rings. The number of hydrogen-bond donors (Lipinski definition) is 3. The van der Waals surface area contributed by atoms with Crippen molar-refractivity contribution in [3.63, 3.8) is 0 Å². The molecule has 1 atom stereocenters. The molecule has 1 aliphatic heterocycles. The molecule has 0 aliphatic carbocycles. The van der Waals surface area contributed by atoms with Gasteiger partial charge in [-0.3, -0.25) is 4.79 Å². The summed E-state index contributed by atoms with van der Waals surface area (Å²) >= 11 is 1.43. The molecule has 1 aliphatic rings. The fourth-order valence-electron chi connectivity index (χ4n) is 3.61. The summed E-state index contributed by atoms with van der Waals surface area (Å²) in [6, 6.07) is 20.2. The molecule has 186 valence electrons. The molecule has 0 bridgehead atoms. The van der Waals surface area contributed by atoms with Crippen LogP contribution in [0.15, 0.2) is 71.6 Å². The lowest BCUT2D eigenvalue weighted by Crippen LogP contribution is -2.30. The van der Waals surface area contributed by atoms with Crippen molar-refractivity contribution in [2.45, 2.75) is 32.4 Å². The Morgan fingerprint density at radius 2 is 1.72 bits per heavy atom. The second kappa shape index (κ2) is 11.7. The van der Waals surface area contributed by atoms with Gasteiger partial charge in [0.05, 0.1) is 17.1 Å². The average molecular weight is 505 g/mol. The van der Waals surface area contributed by atoms with Gasteiger partial charge >= 0.3 is 5.97 Å². The molecule has 36 heavy (non-hydrogen) atoms. The van der Waals surface area contributed by atoms with E-state index in [1.807, 2.05) is 43.3 Å². The van der Waals surface area contributed by atoms with E-state index in [0.29, 0.717) is 23.0 Å². The number of benzene rings is 3. The van der Waals surface area contributed by atoms with Crippen molar-refractivity contribution in [1.82, 2.24) is 5.32 Å². The Morgan fingerprint density at radius 3 is 2.39 bits per heavy atom. The highest BCUT2D eigenvalue weighted by Crippen LogP contribution is 2.34. The molecule has 3 N–H and O–H groups in total. The van der Waals surface area contributed by atoms with Crippen LogP contribution < -0.4 is 20.1 Å². The van der Waals surface area contributed by atoms with Gasteiger partial charge in [0.25, 0.3) is 5.91 Å². The predicted octanol–water partition coefficient (Wildman–Crippen LogP) is 5.52. The van der Waals surface area contributed by atoms with Gasteiger partial charge in [-0.2, -0.15) is 0 Å². The monoisotopic (exact) mass is 504 g/mol. The van der Waals surface area contributed by atoms with Crippen LogP contribution in [0.3, 0.4) is 0 Å². The summed E-state index contributed by atoms with van der Waals surface area (Å²) < 4.78 is 11.7. The summed E-state index contributed by atoms with van der Waals surface area (Å²) in [5, 5.41) is 15.3. The molecule has 0 aromatic heterocycles. The molecule has 1 fully saturated rings. The van der Waals surface area contributed by atoms with Crippen LogP contribution in [0.4, 0.5) is 5.69 Å². The Bertz CT molecular complexity index is 1260. The fraction of sp³-hybridized carbons (Fsp3) is 0.214. The highest BCUT2D eigenvalue weighted by molar-refractivity contribution is 8.05. The average Bonchev–Trinajstić information content (AvgIpc) is 3.22. The quantitative estimate of drug-likeness (QED) is 0.313. The Labute approximate surface area is 214 Å². The van der Waals surface area contributed by atoms with Gasteiger partial charge in [0.1, 0.15) is 6.61 Å². The van der Waals surface area contributed by atoms with E-state index < -0.39 is 5.97 Å². The summed E-state index contributed by atoms with van der Waals surface area (Å²) in [6.07, 6.45) is 2.81. The lowest BCUT2D eigenvalue weighted by atomic mass is 10.1. The first-order valence-electron chi connectivity index (χ1n) is 11.7. The van der Waals surface area contributed by atoms with E-state index >= 15 is 0 Å². The summed E-state index contributed by atoms with van der Waals surface area (Å²) in [4.78, 5) is 24.2. The molecule has 0 unspecified atom stereocenters. The number of carbonyl (C=O) groups excluding carboxylic acids is 1. The Kier molecular flexibility index (Phi) is 8.17. The van der Waals surface area contributed by atoms with Crippen molar-refractivity contribution >= 4 is 35.4 Å². The number of hydrogen-bond acceptors (Lipinski definition) is 6. The van der Waals surface area contributed by atoms with Crippen LogP contribution in [0.2, 0.25) is 0 Å². The largest absolute Gasteiger partial charge is 0.490 e. The van der Waals surface area contributed by atoms with E-state index in [-0.39, 0.29) is 23.6 Å². The van der Waals surface area contributed by atoms with Crippen LogP contribution in [0.1, 0.15) is 40.9 Å². The molecular weight excluding hydrogens is 476 g/mol. The minimum Gasteiger partial charge on any atom is -0.490 e. The van der Waals surface area contributed by atoms with E-state index in [9.17, 15) is 9.59 Å². The summed E-state index contributed by atoms with van der Waals surface area (Å²) in [5.74, 6) is 0.0430. The van der Waals surface area contributed by atoms with Crippen molar-refractivity contribution in [3.05, 3.63) is 93.9 Å². The molecule has 0 saturated carbocycles. The standard InChI is InChI=1S/C28H28N2O5S/c1-3-18-7-12-22(13-8-18)29-28-30-26(31)25(36-28)16-20-9-14-23(24(15-20)34-4-2)35-17-19-5-10-21(11-6-19)27(32)33/h5-16,28-29H,3-4,17H2,1-2H3,(H,30,31)(H,32,33)/b25-16-/t28-/m0/s1. The fourth-order valence-corrected chi connectivity index (χ4v) is 4.60. The molecule has 8 heteroatoms. The smallest absolute Gasteiger partial charge is 0.335 e. The van der Waals surface area contributed by atoms with Gasteiger partial charge < -0.3 is 25.2 Å². The maximum Gasteiger partial charge on any atom is 0.335 e. The SMILES string of the molecule is CCOc1cc(/C=C2\S[C@@H](Nc3ccc(CC)cc3)NC2=O)ccc1OCc1ccc(C(=O)O)cc1. The first kappa shape index (κ1) is 25.2. The van der Waals surface area contributed by atoms with Gasteiger partial charge in [-0.1, -0.05) is 49.0 Å². The molecule has 1 amide bonds. The van der Waals surface area contributed by atoms with Crippen molar-refractivity contribution in [2.24, 2.45) is 0 Å². The number of carbonyl (C=O) groups is 2. The Hall–Kier alpha value is -3.91. The van der Waals surface area contributed by atoms with E-state index in [4.69, 9.17) is 14.6 Å². The topological polar surface area (TPSA) is 96.9 Å². The Morgan fingerprint density at radius 1 is 1.00 bits per heavy atom. The third kappa shape index (κ3) is 6.40. The maximum atomic E-state index is 12.5. The number of rotatable bonds is 10. The van der Waals surface area contributed by atoms with E-state index in [0.717, 1.165) is 23.2 Å². The third-order valence-electron chi connectivity index (χ3n) is 5.55. The van der Waals surface area contributed by atoms with Crippen molar-refractivity contribution in [3.8, 4) is 11.5 Å². The van der Waals surface area contributed by atoms with Gasteiger partial charge in [-0.25, -0.2) is 4.79 Å². The molecule has 1 saturated heterocycles. The molecule has 0 radical (unpaired) electrons. The zero-order valence-corrected chi connectivity index (χ0v) is 20.9. The number of amides is 1. The van der Waals surface area contributed by atoms with Crippen LogP contribution in [-0.2, 0) is 17.8 Å². The number of aryl methyl sites for hydroxylation is 1. The second-order valence-electron chi connectivity index (χ2n) is 8.10. The Balaban J connectivity index is 1.43. The van der Waals surface area contributed by atoms with Crippen LogP contribution >= 0.6 is 11.8 Å². The second-order valence-corrected chi connectivity index (χ2v) is 9.25. The number of aromatic carboxylic acids is 1. The predicted molar refractivity (Wildman–Crippen MR) is 142 cm³/mol. The van der Waals surface area contributed by atoms with Gasteiger partial charge in [0.15, 0.2) is 17.0 Å². The molecule has 3 aromatic carbocycles. The van der Waals surface area contributed by atoms with E-state index in [1.165, 1.54) is 17.3 Å². The van der Waals surface area contributed by atoms with Crippen LogP contribution in [0.25, 0.3) is 6.08 Å². The summed E-state index contributed by atoms with van der Waals surface area (Å²) in [6.45, 7) is 4.74. The van der Waals surface area contributed by atoms with E-state index in [1.54, 1.807) is 24.3 Å².